The average Bonchev–Trinajstić information content (AvgIpc) is 3.76. The van der Waals surface area contributed by atoms with Gasteiger partial charge in [-0.2, -0.15) is 5.10 Å². The average molecular weight is 560 g/mol. The topological polar surface area (TPSA) is 120 Å². The van der Waals surface area contributed by atoms with Gasteiger partial charge in [-0.05, 0) is 92.3 Å². The molecule has 2 aliphatic rings. The number of benzene rings is 1. The van der Waals surface area contributed by atoms with Crippen LogP contribution in [-0.2, 0) is 11.2 Å². The minimum Gasteiger partial charge on any atom is -0.383 e. The van der Waals surface area contributed by atoms with E-state index in [1.165, 1.54) is 17.2 Å². The second-order valence-electron chi connectivity index (χ2n) is 11.1. The number of hydrogen-bond donors (Lipinski definition) is 2. The van der Waals surface area contributed by atoms with Gasteiger partial charge in [-0.3, -0.25) is 9.36 Å². The van der Waals surface area contributed by atoms with Crippen molar-refractivity contribution >= 4 is 22.9 Å². The van der Waals surface area contributed by atoms with Crippen molar-refractivity contribution in [1.29, 1.82) is 0 Å². The maximum atomic E-state index is 12.2. The van der Waals surface area contributed by atoms with Gasteiger partial charge in [0.2, 0.25) is 5.91 Å². The van der Waals surface area contributed by atoms with Gasteiger partial charge in [0.25, 0.3) is 0 Å². The molecule has 4 aromatic heterocycles. The third-order valence-electron chi connectivity index (χ3n) is 8.54. The highest BCUT2D eigenvalue weighted by atomic mass is 16.2. The predicted octanol–water partition coefficient (Wildman–Crippen LogP) is 4.39. The maximum Gasteiger partial charge on any atom is 0.246 e. The molecule has 1 aliphatic carbocycles. The van der Waals surface area contributed by atoms with Gasteiger partial charge in [-0.1, -0.05) is 12.6 Å². The number of nitrogens with one attached hydrogen (secondary N) is 1. The molecule has 1 fully saturated rings. The van der Waals surface area contributed by atoms with Gasteiger partial charge >= 0.3 is 0 Å². The maximum absolute atomic E-state index is 12.2. The van der Waals surface area contributed by atoms with Crippen LogP contribution in [0.3, 0.4) is 0 Å². The molecule has 0 radical (unpaired) electrons. The molecule has 3 N–H and O–H groups in total. The van der Waals surface area contributed by atoms with E-state index in [0.717, 1.165) is 54.6 Å². The molecule has 0 spiro atoms. The first-order chi connectivity index (χ1) is 20.5. The highest BCUT2D eigenvalue weighted by Crippen LogP contribution is 2.37. The number of anilines is 1. The molecule has 7 rings (SSSR count). The van der Waals surface area contributed by atoms with Crippen molar-refractivity contribution in [2.24, 2.45) is 0 Å². The number of carbonyl (C=O) groups excluding carboxylic acids is 1. The number of piperidine rings is 1. The Kier molecular flexibility index (Phi) is 6.54. The second-order valence-corrected chi connectivity index (χ2v) is 11.1. The molecule has 10 heteroatoms. The van der Waals surface area contributed by atoms with Crippen LogP contribution in [0, 0.1) is 0 Å². The number of hydrogen-bond acceptors (Lipinski definition) is 7. The van der Waals surface area contributed by atoms with E-state index in [9.17, 15) is 4.79 Å². The Hall–Kier alpha value is -4.83. The Balaban J connectivity index is 1.23. The first kappa shape index (κ1) is 26.1. The quantitative estimate of drug-likeness (QED) is 0.296. The summed E-state index contributed by atoms with van der Waals surface area (Å²) < 4.78 is 3.82. The lowest BCUT2D eigenvalue weighted by molar-refractivity contribution is -0.129. The van der Waals surface area contributed by atoms with Crippen LogP contribution < -0.4 is 11.1 Å². The van der Waals surface area contributed by atoms with E-state index >= 15 is 0 Å². The van der Waals surface area contributed by atoms with Crippen LogP contribution in [0.1, 0.15) is 43.4 Å². The Morgan fingerprint density at radius 3 is 2.81 bits per heavy atom. The summed E-state index contributed by atoms with van der Waals surface area (Å²) in [7, 11) is 0. The molecule has 212 valence electrons. The fraction of sp³-hybridized carbons (Fsp3) is 0.281. The molecule has 1 amide bonds. The number of nitrogens with two attached hydrogens (primary N) is 1. The highest BCUT2D eigenvalue weighted by molar-refractivity contribution is 5.87. The van der Waals surface area contributed by atoms with E-state index < -0.39 is 0 Å². The van der Waals surface area contributed by atoms with Crippen LogP contribution in [-0.4, -0.2) is 58.7 Å². The van der Waals surface area contributed by atoms with Gasteiger partial charge in [0.05, 0.1) is 5.56 Å². The van der Waals surface area contributed by atoms with E-state index in [4.69, 9.17) is 15.7 Å². The number of fused-ring (bicyclic) bond motifs is 2. The summed E-state index contributed by atoms with van der Waals surface area (Å²) in [5.41, 5.74) is 12.2. The minimum absolute atomic E-state index is 0.0189. The van der Waals surface area contributed by atoms with E-state index in [2.05, 4.69) is 51.7 Å². The van der Waals surface area contributed by atoms with Crippen LogP contribution in [0.15, 0.2) is 79.8 Å². The standard InChI is InChI=1S/C32H33N9O/c1-3-29(42)39-17-13-22(18-20(39)2)36-26-10-7-21-19-23(8-9-24(21)26)41-31(25-6-4-14-34-30(25)33)37-27-11-12-28(38-32(27)41)40-16-5-15-35-40/h3-6,8-9,11-12,14-16,19-20,22,26,36H,1,7,10,13,17-18H2,2H3,(H2,33,34)/t20-,22?,26?/m0/s1. The zero-order chi connectivity index (χ0) is 28.8. The van der Waals surface area contributed by atoms with E-state index in [1.807, 2.05) is 41.4 Å². The molecule has 1 saturated heterocycles. The van der Waals surface area contributed by atoms with Gasteiger partial charge in [-0.15, -0.1) is 0 Å². The van der Waals surface area contributed by atoms with Gasteiger partial charge in [0.15, 0.2) is 17.3 Å². The van der Waals surface area contributed by atoms with E-state index in [0.29, 0.717) is 23.5 Å². The first-order valence-electron chi connectivity index (χ1n) is 14.4. The van der Waals surface area contributed by atoms with Gasteiger partial charge in [-0.25, -0.2) is 19.6 Å². The smallest absolute Gasteiger partial charge is 0.246 e. The highest BCUT2D eigenvalue weighted by Gasteiger charge is 2.31. The summed E-state index contributed by atoms with van der Waals surface area (Å²) in [6.45, 7) is 6.53. The molecule has 3 atom stereocenters. The van der Waals surface area contributed by atoms with Crippen LogP contribution in [0.2, 0.25) is 0 Å². The molecule has 0 bridgehead atoms. The Labute approximate surface area is 243 Å². The van der Waals surface area contributed by atoms with Gasteiger partial charge in [0, 0.05) is 48.9 Å². The van der Waals surface area contributed by atoms with E-state index in [1.54, 1.807) is 17.1 Å². The molecule has 1 aliphatic heterocycles. The summed E-state index contributed by atoms with van der Waals surface area (Å²) >= 11 is 0. The SMILES string of the molecule is C=CC(=O)N1CCC(NC2CCc3cc(-n4c(-c5cccnc5N)nc5ccc(-n6cccn6)nc54)ccc32)C[C@@H]1C. The number of carbonyl (C=O) groups is 1. The van der Waals surface area contributed by atoms with Crippen LogP contribution in [0.5, 0.6) is 0 Å². The third kappa shape index (κ3) is 4.53. The summed E-state index contributed by atoms with van der Waals surface area (Å²) in [5, 5.41) is 8.27. The summed E-state index contributed by atoms with van der Waals surface area (Å²) in [5.74, 6) is 1.84. The molecule has 0 saturated carbocycles. The van der Waals surface area contributed by atoms with Crippen LogP contribution in [0.4, 0.5) is 5.82 Å². The molecular weight excluding hydrogens is 526 g/mol. The molecule has 2 unspecified atom stereocenters. The number of likely N-dealkylation sites (tertiary alicyclic amines) is 1. The number of rotatable bonds is 6. The molecule has 1 aromatic carbocycles. The van der Waals surface area contributed by atoms with Crippen molar-refractivity contribution in [2.45, 2.75) is 50.7 Å². The molecule has 5 heterocycles. The monoisotopic (exact) mass is 559 g/mol. The van der Waals surface area contributed by atoms with Crippen LogP contribution in [0.25, 0.3) is 34.1 Å². The zero-order valence-electron chi connectivity index (χ0n) is 23.5. The number of amides is 1. The minimum atomic E-state index is 0.0189. The summed E-state index contributed by atoms with van der Waals surface area (Å²) in [6.07, 6.45) is 10.6. The van der Waals surface area contributed by atoms with Crippen molar-refractivity contribution in [3.8, 4) is 22.9 Å². The lowest BCUT2D eigenvalue weighted by atomic mass is 9.96. The van der Waals surface area contributed by atoms with Crippen molar-refractivity contribution in [1.82, 2.24) is 39.5 Å². The lowest BCUT2D eigenvalue weighted by Gasteiger charge is -2.38. The van der Waals surface area contributed by atoms with Gasteiger partial charge in [0.1, 0.15) is 11.3 Å². The summed E-state index contributed by atoms with van der Waals surface area (Å²) in [4.78, 5) is 28.4. The largest absolute Gasteiger partial charge is 0.383 e. The molecular formula is C32H33N9O. The predicted molar refractivity (Wildman–Crippen MR) is 162 cm³/mol. The molecule has 5 aromatic rings. The van der Waals surface area contributed by atoms with Crippen LogP contribution >= 0.6 is 0 Å². The first-order valence-corrected chi connectivity index (χ1v) is 14.4. The van der Waals surface area contributed by atoms with Crippen molar-refractivity contribution in [2.75, 3.05) is 12.3 Å². The van der Waals surface area contributed by atoms with E-state index in [-0.39, 0.29) is 18.0 Å². The second kappa shape index (κ2) is 10.5. The fourth-order valence-corrected chi connectivity index (χ4v) is 6.48. The van der Waals surface area contributed by atoms with Crippen molar-refractivity contribution in [3.05, 3.63) is 90.9 Å². The Morgan fingerprint density at radius 1 is 1.12 bits per heavy atom. The summed E-state index contributed by atoms with van der Waals surface area (Å²) in [6, 6.07) is 17.0. The number of pyridine rings is 2. The zero-order valence-corrected chi connectivity index (χ0v) is 23.5. The van der Waals surface area contributed by atoms with Crippen molar-refractivity contribution in [3.63, 3.8) is 0 Å². The number of imidazole rings is 1. The molecule has 10 nitrogen and oxygen atoms in total. The third-order valence-corrected chi connectivity index (χ3v) is 8.54. The number of nitrogens with zero attached hydrogens (tertiary/aromatic N) is 7. The Morgan fingerprint density at radius 2 is 2.02 bits per heavy atom. The normalized spacial score (nSPS) is 20.1. The van der Waals surface area contributed by atoms with Gasteiger partial charge < -0.3 is 16.0 Å². The molecule has 42 heavy (non-hydrogen) atoms. The fourth-order valence-electron chi connectivity index (χ4n) is 6.48. The Bertz CT molecular complexity index is 1790. The number of aryl methyl sites for hydroxylation is 1. The number of aromatic nitrogens is 6. The van der Waals surface area contributed by atoms with Crippen molar-refractivity contribution < 1.29 is 4.79 Å². The lowest BCUT2D eigenvalue weighted by Crippen LogP contribution is -2.49. The number of nitrogen functional groups attached to an aromatic ring is 1.